The largest absolute Gasteiger partial charge is 0.491 e. The van der Waals surface area contributed by atoms with Gasteiger partial charge < -0.3 is 15.8 Å². The Morgan fingerprint density at radius 3 is 2.86 bits per heavy atom. The van der Waals surface area contributed by atoms with Gasteiger partial charge in [0.1, 0.15) is 12.4 Å². The van der Waals surface area contributed by atoms with Crippen molar-refractivity contribution in [1.82, 2.24) is 5.32 Å². The fourth-order valence-corrected chi connectivity index (χ4v) is 1.16. The Morgan fingerprint density at radius 1 is 1.50 bits per heavy atom. The summed E-state index contributed by atoms with van der Waals surface area (Å²) in [5, 5.41) is 3.12. The van der Waals surface area contributed by atoms with Crippen molar-refractivity contribution in [1.29, 1.82) is 0 Å². The number of rotatable bonds is 4. The number of para-hydroxylation sites is 1. The van der Waals surface area contributed by atoms with Crippen molar-refractivity contribution in [3.63, 3.8) is 0 Å². The molecule has 1 rings (SSSR count). The van der Waals surface area contributed by atoms with Crippen LogP contribution < -0.4 is 15.8 Å². The molecular weight excluding hydrogens is 196 g/mol. The van der Waals surface area contributed by atoms with E-state index < -0.39 is 0 Å². The number of hydrogen-bond acceptors (Lipinski definition) is 2. The summed E-state index contributed by atoms with van der Waals surface area (Å²) in [6.07, 6.45) is 0. The zero-order valence-electron chi connectivity index (χ0n) is 8.12. The van der Waals surface area contributed by atoms with Gasteiger partial charge in [0.2, 0.25) is 0 Å². The quantitative estimate of drug-likeness (QED) is 0.579. The third kappa shape index (κ3) is 3.62. The standard InChI is InChI=1S/C10H14N2OS/c1-8-4-2-3-5-9(8)13-7-6-12-10(11)14/h2-5H,6-7H2,1H3,(H3,11,12,14). The molecule has 0 atom stereocenters. The van der Waals surface area contributed by atoms with E-state index in [-0.39, 0.29) is 0 Å². The smallest absolute Gasteiger partial charge is 0.163 e. The Labute approximate surface area is 89.3 Å². The van der Waals surface area contributed by atoms with E-state index in [1.807, 2.05) is 31.2 Å². The van der Waals surface area contributed by atoms with Crippen molar-refractivity contribution in [2.75, 3.05) is 13.2 Å². The highest BCUT2D eigenvalue weighted by Crippen LogP contribution is 2.15. The van der Waals surface area contributed by atoms with E-state index in [1.165, 1.54) is 0 Å². The lowest BCUT2D eigenvalue weighted by Crippen LogP contribution is -2.32. The molecule has 76 valence electrons. The summed E-state index contributed by atoms with van der Waals surface area (Å²) in [6, 6.07) is 7.88. The molecule has 0 amide bonds. The first kappa shape index (κ1) is 10.8. The van der Waals surface area contributed by atoms with Gasteiger partial charge in [-0.05, 0) is 30.8 Å². The maximum absolute atomic E-state index is 5.51. The number of thiocarbonyl (C=S) groups is 1. The molecule has 1 aromatic rings. The second-order valence-corrected chi connectivity index (χ2v) is 3.34. The Bertz CT molecular complexity index is 315. The number of aryl methyl sites for hydroxylation is 1. The summed E-state index contributed by atoms with van der Waals surface area (Å²) in [6.45, 7) is 3.20. The highest BCUT2D eigenvalue weighted by molar-refractivity contribution is 7.80. The molecule has 0 saturated carbocycles. The van der Waals surface area contributed by atoms with Gasteiger partial charge in [0.15, 0.2) is 5.11 Å². The highest BCUT2D eigenvalue weighted by Gasteiger charge is 1.96. The Morgan fingerprint density at radius 2 is 2.21 bits per heavy atom. The molecule has 0 fully saturated rings. The van der Waals surface area contributed by atoms with Crippen LogP contribution >= 0.6 is 12.2 Å². The lowest BCUT2D eigenvalue weighted by molar-refractivity contribution is 0.320. The number of benzene rings is 1. The van der Waals surface area contributed by atoms with Gasteiger partial charge in [-0.3, -0.25) is 0 Å². The molecule has 0 aromatic heterocycles. The van der Waals surface area contributed by atoms with E-state index in [1.54, 1.807) is 0 Å². The molecule has 0 heterocycles. The van der Waals surface area contributed by atoms with E-state index in [2.05, 4.69) is 17.5 Å². The van der Waals surface area contributed by atoms with Crippen molar-refractivity contribution in [3.8, 4) is 5.75 Å². The summed E-state index contributed by atoms with van der Waals surface area (Å²) >= 11 is 4.66. The summed E-state index contributed by atoms with van der Waals surface area (Å²) in [5.74, 6) is 0.900. The summed E-state index contributed by atoms with van der Waals surface area (Å²) < 4.78 is 5.51. The van der Waals surface area contributed by atoms with Gasteiger partial charge in [-0.2, -0.15) is 0 Å². The van der Waals surface area contributed by atoms with Crippen molar-refractivity contribution < 1.29 is 4.74 Å². The molecule has 4 heteroatoms. The summed E-state index contributed by atoms with van der Waals surface area (Å²) in [4.78, 5) is 0. The van der Waals surface area contributed by atoms with Crippen molar-refractivity contribution in [3.05, 3.63) is 29.8 Å². The molecule has 0 unspecified atom stereocenters. The fourth-order valence-electron chi connectivity index (χ4n) is 1.05. The molecule has 0 radical (unpaired) electrons. The number of nitrogens with two attached hydrogens (primary N) is 1. The average molecular weight is 210 g/mol. The number of nitrogens with one attached hydrogen (secondary N) is 1. The average Bonchev–Trinajstić information content (AvgIpc) is 2.15. The minimum Gasteiger partial charge on any atom is -0.491 e. The van der Waals surface area contributed by atoms with Crippen LogP contribution in [-0.2, 0) is 0 Å². The minimum atomic E-state index is 0.304. The van der Waals surface area contributed by atoms with E-state index in [4.69, 9.17) is 10.5 Å². The predicted molar refractivity (Wildman–Crippen MR) is 61.5 cm³/mol. The van der Waals surface area contributed by atoms with Crippen LogP contribution in [0.3, 0.4) is 0 Å². The molecule has 0 aliphatic carbocycles. The van der Waals surface area contributed by atoms with Gasteiger partial charge in [-0.25, -0.2) is 0 Å². The first-order valence-electron chi connectivity index (χ1n) is 4.42. The van der Waals surface area contributed by atoms with E-state index >= 15 is 0 Å². The normalized spacial score (nSPS) is 9.50. The van der Waals surface area contributed by atoms with Crippen molar-refractivity contribution in [2.45, 2.75) is 6.92 Å². The Hall–Kier alpha value is -1.29. The fraction of sp³-hybridized carbons (Fsp3) is 0.300. The molecule has 0 bridgehead atoms. The van der Waals surface area contributed by atoms with Gasteiger partial charge in [0.25, 0.3) is 0 Å². The third-order valence-electron chi connectivity index (χ3n) is 1.75. The molecule has 0 aliphatic heterocycles. The van der Waals surface area contributed by atoms with Crippen LogP contribution in [0.4, 0.5) is 0 Å². The van der Waals surface area contributed by atoms with Crippen LogP contribution in [0.25, 0.3) is 0 Å². The van der Waals surface area contributed by atoms with E-state index in [9.17, 15) is 0 Å². The number of ether oxygens (including phenoxy) is 1. The van der Waals surface area contributed by atoms with Crippen LogP contribution in [0.15, 0.2) is 24.3 Å². The van der Waals surface area contributed by atoms with Crippen LogP contribution in [0.2, 0.25) is 0 Å². The molecule has 0 spiro atoms. The van der Waals surface area contributed by atoms with Crippen LogP contribution in [-0.4, -0.2) is 18.3 Å². The van der Waals surface area contributed by atoms with Crippen LogP contribution in [0.1, 0.15) is 5.56 Å². The zero-order valence-corrected chi connectivity index (χ0v) is 8.93. The van der Waals surface area contributed by atoms with Crippen molar-refractivity contribution in [2.24, 2.45) is 5.73 Å². The Balaban J connectivity index is 2.31. The molecule has 14 heavy (non-hydrogen) atoms. The molecule has 0 aliphatic rings. The molecule has 3 N–H and O–H groups in total. The maximum Gasteiger partial charge on any atom is 0.163 e. The van der Waals surface area contributed by atoms with Gasteiger partial charge in [0.05, 0.1) is 6.54 Å². The van der Waals surface area contributed by atoms with Gasteiger partial charge in [0, 0.05) is 0 Å². The molecule has 1 aromatic carbocycles. The second-order valence-electron chi connectivity index (χ2n) is 2.90. The van der Waals surface area contributed by atoms with Gasteiger partial charge >= 0.3 is 0 Å². The summed E-state index contributed by atoms with van der Waals surface area (Å²) in [5.41, 5.74) is 6.39. The van der Waals surface area contributed by atoms with E-state index in [0.29, 0.717) is 18.3 Å². The molecular formula is C10H14N2OS. The first-order chi connectivity index (χ1) is 6.70. The Kier molecular flexibility index (Phi) is 4.19. The van der Waals surface area contributed by atoms with E-state index in [0.717, 1.165) is 11.3 Å². The van der Waals surface area contributed by atoms with Gasteiger partial charge in [-0.1, -0.05) is 18.2 Å². The zero-order chi connectivity index (χ0) is 10.4. The van der Waals surface area contributed by atoms with Crippen LogP contribution in [0, 0.1) is 6.92 Å². The predicted octanol–water partition coefficient (Wildman–Crippen LogP) is 1.21. The topological polar surface area (TPSA) is 47.3 Å². The number of hydrogen-bond donors (Lipinski definition) is 2. The second kappa shape index (κ2) is 5.44. The summed E-state index contributed by atoms with van der Waals surface area (Å²) in [7, 11) is 0. The lowest BCUT2D eigenvalue weighted by Gasteiger charge is -2.09. The third-order valence-corrected chi connectivity index (χ3v) is 1.90. The van der Waals surface area contributed by atoms with Crippen LogP contribution in [0.5, 0.6) is 5.75 Å². The van der Waals surface area contributed by atoms with Crippen molar-refractivity contribution >= 4 is 17.3 Å². The molecule has 3 nitrogen and oxygen atoms in total. The highest BCUT2D eigenvalue weighted by atomic mass is 32.1. The first-order valence-corrected chi connectivity index (χ1v) is 4.82. The SMILES string of the molecule is Cc1ccccc1OCCNC(N)=S. The minimum absolute atomic E-state index is 0.304. The lowest BCUT2D eigenvalue weighted by atomic mass is 10.2. The molecule has 0 saturated heterocycles. The monoisotopic (exact) mass is 210 g/mol. The van der Waals surface area contributed by atoms with Gasteiger partial charge in [-0.15, -0.1) is 0 Å². The maximum atomic E-state index is 5.51.